The molecule has 0 aromatic heterocycles. The Hall–Kier alpha value is -1.02. The predicted molar refractivity (Wildman–Crippen MR) is 70.1 cm³/mol. The van der Waals surface area contributed by atoms with Gasteiger partial charge in [-0.05, 0) is 30.5 Å². The van der Waals surface area contributed by atoms with Crippen molar-refractivity contribution in [3.05, 3.63) is 29.8 Å². The van der Waals surface area contributed by atoms with Gasteiger partial charge in [0, 0.05) is 25.3 Å². The van der Waals surface area contributed by atoms with E-state index in [-0.39, 0.29) is 0 Å². The molecule has 1 aromatic carbocycles. The van der Waals surface area contributed by atoms with E-state index < -0.39 is 0 Å². The summed E-state index contributed by atoms with van der Waals surface area (Å²) in [5.41, 5.74) is 2.95. The van der Waals surface area contributed by atoms with Gasteiger partial charge in [0.25, 0.3) is 0 Å². The van der Waals surface area contributed by atoms with Crippen molar-refractivity contribution in [2.24, 2.45) is 5.92 Å². The minimum absolute atomic E-state index is 0.775. The van der Waals surface area contributed by atoms with E-state index in [0.717, 1.165) is 25.6 Å². The van der Waals surface area contributed by atoms with Crippen LogP contribution in [0.4, 0.5) is 5.69 Å². The summed E-state index contributed by atoms with van der Waals surface area (Å²) < 4.78 is 0. The van der Waals surface area contributed by atoms with Crippen molar-refractivity contribution in [2.45, 2.75) is 20.3 Å². The number of benzene rings is 1. The van der Waals surface area contributed by atoms with Gasteiger partial charge in [-0.2, -0.15) is 0 Å². The van der Waals surface area contributed by atoms with Crippen molar-refractivity contribution in [1.82, 2.24) is 5.32 Å². The maximum Gasteiger partial charge on any atom is 0.0399 e. The van der Waals surface area contributed by atoms with Gasteiger partial charge in [0.05, 0.1) is 0 Å². The zero-order valence-corrected chi connectivity index (χ0v) is 10.4. The van der Waals surface area contributed by atoms with Gasteiger partial charge in [-0.1, -0.05) is 32.0 Å². The average molecular weight is 218 g/mol. The lowest BCUT2D eigenvalue weighted by atomic mass is 9.94. The van der Waals surface area contributed by atoms with Crippen LogP contribution < -0.4 is 10.2 Å². The average Bonchev–Trinajstić information content (AvgIpc) is 2.29. The molecule has 2 rings (SSSR count). The summed E-state index contributed by atoms with van der Waals surface area (Å²) in [6, 6.07) is 8.83. The van der Waals surface area contributed by atoms with Crippen molar-refractivity contribution in [1.29, 1.82) is 0 Å². The standard InChI is InChI=1S/C14H22N2/c1-3-15-8-9-16-11-12(2)10-13-6-4-5-7-14(13)16/h4-7,12,15H,3,8-11H2,1-2H3. The molecule has 0 saturated carbocycles. The Morgan fingerprint density at radius 3 is 3.00 bits per heavy atom. The van der Waals surface area contributed by atoms with E-state index in [4.69, 9.17) is 0 Å². The Kier molecular flexibility index (Phi) is 3.83. The summed E-state index contributed by atoms with van der Waals surface area (Å²) >= 11 is 0. The summed E-state index contributed by atoms with van der Waals surface area (Å²) in [7, 11) is 0. The second kappa shape index (κ2) is 5.35. The number of fused-ring (bicyclic) bond motifs is 1. The summed E-state index contributed by atoms with van der Waals surface area (Å²) in [5.74, 6) is 0.775. The minimum Gasteiger partial charge on any atom is -0.370 e. The lowest BCUT2D eigenvalue weighted by molar-refractivity contribution is 0.525. The molecule has 0 radical (unpaired) electrons. The van der Waals surface area contributed by atoms with E-state index in [1.54, 1.807) is 0 Å². The van der Waals surface area contributed by atoms with Crippen LogP contribution in [0.1, 0.15) is 19.4 Å². The molecule has 1 aromatic rings. The second-order valence-corrected chi connectivity index (χ2v) is 4.74. The van der Waals surface area contributed by atoms with E-state index >= 15 is 0 Å². The SMILES string of the molecule is CCNCCN1CC(C)Cc2ccccc21. The molecule has 0 fully saturated rings. The third-order valence-electron chi connectivity index (χ3n) is 3.24. The number of hydrogen-bond acceptors (Lipinski definition) is 2. The Morgan fingerprint density at radius 2 is 2.19 bits per heavy atom. The number of nitrogens with zero attached hydrogens (tertiary/aromatic N) is 1. The minimum atomic E-state index is 0.775. The molecule has 88 valence electrons. The highest BCUT2D eigenvalue weighted by Crippen LogP contribution is 2.28. The van der Waals surface area contributed by atoms with Crippen molar-refractivity contribution in [3.8, 4) is 0 Å². The number of nitrogens with one attached hydrogen (secondary N) is 1. The summed E-state index contributed by atoms with van der Waals surface area (Å²) in [6.45, 7) is 8.96. The normalized spacial score (nSPS) is 19.6. The van der Waals surface area contributed by atoms with Crippen LogP contribution in [0, 0.1) is 5.92 Å². The topological polar surface area (TPSA) is 15.3 Å². The molecule has 1 aliphatic rings. The number of hydrogen-bond donors (Lipinski definition) is 1. The monoisotopic (exact) mass is 218 g/mol. The lowest BCUT2D eigenvalue weighted by Crippen LogP contribution is -2.38. The van der Waals surface area contributed by atoms with Gasteiger partial charge in [0.15, 0.2) is 0 Å². The zero-order valence-electron chi connectivity index (χ0n) is 10.4. The van der Waals surface area contributed by atoms with Crippen molar-refractivity contribution >= 4 is 5.69 Å². The Labute approximate surface area is 98.7 Å². The number of rotatable bonds is 4. The number of anilines is 1. The van der Waals surface area contributed by atoms with Gasteiger partial charge in [0.2, 0.25) is 0 Å². The van der Waals surface area contributed by atoms with E-state index in [1.807, 2.05) is 0 Å². The van der Waals surface area contributed by atoms with Gasteiger partial charge < -0.3 is 10.2 Å². The van der Waals surface area contributed by atoms with E-state index in [1.165, 1.54) is 24.2 Å². The van der Waals surface area contributed by atoms with Crippen LogP contribution in [-0.2, 0) is 6.42 Å². The molecule has 1 unspecified atom stereocenters. The van der Waals surface area contributed by atoms with E-state index in [0.29, 0.717) is 0 Å². The van der Waals surface area contributed by atoms with E-state index in [9.17, 15) is 0 Å². The highest BCUT2D eigenvalue weighted by molar-refractivity contribution is 5.55. The maximum atomic E-state index is 3.40. The highest BCUT2D eigenvalue weighted by Gasteiger charge is 2.20. The molecule has 0 spiro atoms. The molecule has 0 amide bonds. The maximum absolute atomic E-state index is 3.40. The van der Waals surface area contributed by atoms with Crippen LogP contribution in [0.25, 0.3) is 0 Å². The lowest BCUT2D eigenvalue weighted by Gasteiger charge is -2.34. The molecule has 1 N–H and O–H groups in total. The van der Waals surface area contributed by atoms with Crippen LogP contribution in [-0.4, -0.2) is 26.2 Å². The largest absolute Gasteiger partial charge is 0.370 e. The van der Waals surface area contributed by atoms with Crippen molar-refractivity contribution in [2.75, 3.05) is 31.1 Å². The first kappa shape index (κ1) is 11.5. The molecule has 16 heavy (non-hydrogen) atoms. The Balaban J connectivity index is 2.07. The van der Waals surface area contributed by atoms with Crippen molar-refractivity contribution in [3.63, 3.8) is 0 Å². The smallest absolute Gasteiger partial charge is 0.0399 e. The van der Waals surface area contributed by atoms with Gasteiger partial charge >= 0.3 is 0 Å². The first-order valence-corrected chi connectivity index (χ1v) is 6.35. The zero-order chi connectivity index (χ0) is 11.4. The van der Waals surface area contributed by atoms with Crippen LogP contribution in [0.3, 0.4) is 0 Å². The molecular weight excluding hydrogens is 196 g/mol. The molecule has 1 aliphatic heterocycles. The second-order valence-electron chi connectivity index (χ2n) is 4.74. The molecule has 2 nitrogen and oxygen atoms in total. The van der Waals surface area contributed by atoms with E-state index in [2.05, 4.69) is 48.3 Å². The van der Waals surface area contributed by atoms with Gasteiger partial charge in [-0.3, -0.25) is 0 Å². The van der Waals surface area contributed by atoms with Gasteiger partial charge in [0.1, 0.15) is 0 Å². The molecule has 0 bridgehead atoms. The third kappa shape index (κ3) is 2.56. The highest BCUT2D eigenvalue weighted by atomic mass is 15.2. The van der Waals surface area contributed by atoms with Crippen LogP contribution >= 0.6 is 0 Å². The molecule has 1 atom stereocenters. The predicted octanol–water partition coefficient (Wildman–Crippen LogP) is 2.29. The quantitative estimate of drug-likeness (QED) is 0.780. The summed E-state index contributed by atoms with van der Waals surface area (Å²) in [5, 5.41) is 3.40. The molecule has 0 aliphatic carbocycles. The Bertz CT molecular complexity index is 335. The third-order valence-corrected chi connectivity index (χ3v) is 3.24. The Morgan fingerprint density at radius 1 is 1.38 bits per heavy atom. The van der Waals surface area contributed by atoms with Crippen molar-refractivity contribution < 1.29 is 0 Å². The number of likely N-dealkylation sites (N-methyl/N-ethyl adjacent to an activating group) is 1. The van der Waals surface area contributed by atoms with Gasteiger partial charge in [-0.15, -0.1) is 0 Å². The fourth-order valence-electron chi connectivity index (χ4n) is 2.51. The van der Waals surface area contributed by atoms with Gasteiger partial charge in [-0.25, -0.2) is 0 Å². The molecule has 0 saturated heterocycles. The summed E-state index contributed by atoms with van der Waals surface area (Å²) in [6.07, 6.45) is 1.23. The number of para-hydroxylation sites is 1. The fraction of sp³-hybridized carbons (Fsp3) is 0.571. The first-order valence-electron chi connectivity index (χ1n) is 6.35. The van der Waals surface area contributed by atoms with Crippen LogP contribution in [0.15, 0.2) is 24.3 Å². The van der Waals surface area contributed by atoms with Crippen LogP contribution in [0.2, 0.25) is 0 Å². The molecule has 2 heteroatoms. The summed E-state index contributed by atoms with van der Waals surface area (Å²) in [4.78, 5) is 2.52. The molecular formula is C14H22N2. The first-order chi connectivity index (χ1) is 7.81. The van der Waals surface area contributed by atoms with Crippen LogP contribution in [0.5, 0.6) is 0 Å². The molecule has 1 heterocycles. The fourth-order valence-corrected chi connectivity index (χ4v) is 2.51.